The Balaban J connectivity index is 4.70. The number of halogens is 1. The number of hydrogen-bond donors (Lipinski definition) is 0. The van der Waals surface area contributed by atoms with Gasteiger partial charge in [-0.15, -0.1) is 0 Å². The van der Waals surface area contributed by atoms with Crippen LogP contribution in [-0.4, -0.2) is 14.9 Å². The third-order valence-corrected chi connectivity index (χ3v) is 10.5. The van der Waals surface area contributed by atoms with Gasteiger partial charge in [-0.05, 0) is 33.0 Å². The standard InChI is InChI=1S/C15H31IOSi/c1-12(2)18(13(3)4,14(5)6)17-11-15(7)9-8-10-16/h8,10,12-15H,9,11H2,1-7H3/b10-8+/t15-/m1/s1. The van der Waals surface area contributed by atoms with Crippen molar-refractivity contribution in [1.82, 2.24) is 0 Å². The van der Waals surface area contributed by atoms with Gasteiger partial charge in [0, 0.05) is 6.61 Å². The summed E-state index contributed by atoms with van der Waals surface area (Å²) in [4.78, 5) is 0. The average Bonchev–Trinajstić information content (AvgIpc) is 2.25. The summed E-state index contributed by atoms with van der Waals surface area (Å²) in [5.41, 5.74) is 2.06. The molecule has 0 unspecified atom stereocenters. The van der Waals surface area contributed by atoms with Crippen LogP contribution in [0.4, 0.5) is 0 Å². The SMILES string of the molecule is CC(C)[Si](OC[C@H](C)C/C=C/I)(C(C)C)C(C)C. The normalized spacial score (nSPS) is 15.3. The van der Waals surface area contributed by atoms with Crippen LogP contribution < -0.4 is 0 Å². The zero-order valence-corrected chi connectivity index (χ0v) is 16.3. The van der Waals surface area contributed by atoms with E-state index in [4.69, 9.17) is 4.43 Å². The van der Waals surface area contributed by atoms with Crippen LogP contribution in [0.3, 0.4) is 0 Å². The summed E-state index contributed by atoms with van der Waals surface area (Å²) in [6, 6.07) is 0. The molecule has 0 saturated heterocycles. The molecule has 18 heavy (non-hydrogen) atoms. The summed E-state index contributed by atoms with van der Waals surface area (Å²) >= 11 is 2.28. The molecular weight excluding hydrogens is 351 g/mol. The third kappa shape index (κ3) is 4.97. The van der Waals surface area contributed by atoms with Crippen molar-refractivity contribution in [2.45, 2.75) is 71.5 Å². The van der Waals surface area contributed by atoms with Crippen LogP contribution in [0.15, 0.2) is 10.2 Å². The predicted octanol–water partition coefficient (Wildman–Crippen LogP) is 6.15. The molecule has 0 aromatic rings. The smallest absolute Gasteiger partial charge is 0.200 e. The first-order valence-corrected chi connectivity index (χ1v) is 10.6. The molecule has 108 valence electrons. The molecule has 0 radical (unpaired) electrons. The molecule has 1 atom stereocenters. The van der Waals surface area contributed by atoms with Crippen LogP contribution in [0.25, 0.3) is 0 Å². The van der Waals surface area contributed by atoms with E-state index in [0.717, 1.165) is 13.0 Å². The van der Waals surface area contributed by atoms with Gasteiger partial charge in [0.05, 0.1) is 0 Å². The summed E-state index contributed by atoms with van der Waals surface area (Å²) in [5.74, 6) is 0.624. The topological polar surface area (TPSA) is 9.23 Å². The van der Waals surface area contributed by atoms with Crippen molar-refractivity contribution in [3.05, 3.63) is 10.2 Å². The number of hydrogen-bond acceptors (Lipinski definition) is 1. The first-order valence-electron chi connectivity index (χ1n) is 7.18. The zero-order valence-electron chi connectivity index (χ0n) is 13.2. The van der Waals surface area contributed by atoms with E-state index in [0.29, 0.717) is 22.5 Å². The first-order chi connectivity index (χ1) is 8.28. The molecule has 0 saturated carbocycles. The molecule has 0 aliphatic rings. The second-order valence-corrected chi connectivity index (χ2v) is 12.5. The molecule has 0 bridgehead atoms. The van der Waals surface area contributed by atoms with Crippen LogP contribution >= 0.6 is 22.6 Å². The summed E-state index contributed by atoms with van der Waals surface area (Å²) in [6.07, 6.45) is 3.36. The fourth-order valence-electron chi connectivity index (χ4n) is 3.14. The van der Waals surface area contributed by atoms with Gasteiger partial charge in [-0.2, -0.15) is 0 Å². The van der Waals surface area contributed by atoms with E-state index in [1.54, 1.807) is 0 Å². The predicted molar refractivity (Wildman–Crippen MR) is 93.9 cm³/mol. The molecular formula is C15H31IOSi. The Bertz CT molecular complexity index is 227. The molecule has 0 rings (SSSR count). The Morgan fingerprint density at radius 1 is 0.944 bits per heavy atom. The van der Waals surface area contributed by atoms with Crippen molar-refractivity contribution in [1.29, 1.82) is 0 Å². The minimum absolute atomic E-state index is 0.624. The Morgan fingerprint density at radius 2 is 1.39 bits per heavy atom. The Hall–Kier alpha value is 0.647. The maximum absolute atomic E-state index is 6.58. The quantitative estimate of drug-likeness (QED) is 0.361. The van der Waals surface area contributed by atoms with E-state index in [1.165, 1.54) is 0 Å². The first kappa shape index (κ1) is 18.6. The second kappa shape index (κ2) is 8.75. The molecule has 0 fully saturated rings. The Kier molecular flexibility index (Phi) is 9.06. The van der Waals surface area contributed by atoms with E-state index in [2.05, 4.69) is 81.2 Å². The lowest BCUT2D eigenvalue weighted by atomic mass is 10.1. The van der Waals surface area contributed by atoms with Gasteiger partial charge >= 0.3 is 0 Å². The van der Waals surface area contributed by atoms with Gasteiger partial charge < -0.3 is 4.43 Å². The molecule has 0 N–H and O–H groups in total. The highest BCUT2D eigenvalue weighted by Crippen LogP contribution is 2.42. The summed E-state index contributed by atoms with van der Waals surface area (Å²) in [7, 11) is -1.66. The van der Waals surface area contributed by atoms with Crippen LogP contribution in [0, 0.1) is 5.92 Å². The molecule has 0 aromatic carbocycles. The van der Waals surface area contributed by atoms with Gasteiger partial charge in [0.2, 0.25) is 0 Å². The van der Waals surface area contributed by atoms with Crippen molar-refractivity contribution in [2.75, 3.05) is 6.61 Å². The van der Waals surface area contributed by atoms with Gasteiger partial charge in [0.25, 0.3) is 0 Å². The lowest BCUT2D eigenvalue weighted by Gasteiger charge is -2.42. The van der Waals surface area contributed by atoms with Crippen LogP contribution in [0.5, 0.6) is 0 Å². The van der Waals surface area contributed by atoms with Crippen molar-refractivity contribution in [2.24, 2.45) is 5.92 Å². The monoisotopic (exact) mass is 382 g/mol. The molecule has 0 aliphatic heterocycles. The number of rotatable bonds is 8. The van der Waals surface area contributed by atoms with Crippen LogP contribution in [0.1, 0.15) is 54.9 Å². The largest absolute Gasteiger partial charge is 0.416 e. The van der Waals surface area contributed by atoms with E-state index in [9.17, 15) is 0 Å². The fraction of sp³-hybridized carbons (Fsp3) is 0.867. The highest BCUT2D eigenvalue weighted by atomic mass is 127. The third-order valence-electron chi connectivity index (χ3n) is 3.95. The summed E-state index contributed by atoms with van der Waals surface area (Å²) < 4.78 is 8.68. The van der Waals surface area contributed by atoms with Crippen molar-refractivity contribution < 1.29 is 4.43 Å². The van der Waals surface area contributed by atoms with Gasteiger partial charge in [-0.1, -0.05) is 77.1 Å². The van der Waals surface area contributed by atoms with E-state index in [1.807, 2.05) is 0 Å². The molecule has 0 spiro atoms. The molecule has 0 amide bonds. The van der Waals surface area contributed by atoms with Crippen LogP contribution in [0.2, 0.25) is 16.6 Å². The van der Waals surface area contributed by atoms with Gasteiger partial charge in [0.1, 0.15) is 0 Å². The maximum atomic E-state index is 6.58. The molecule has 0 heterocycles. The minimum atomic E-state index is -1.66. The van der Waals surface area contributed by atoms with Crippen molar-refractivity contribution >= 4 is 30.9 Å². The molecule has 0 aliphatic carbocycles. The Labute approximate surface area is 129 Å². The highest BCUT2D eigenvalue weighted by Gasteiger charge is 2.45. The van der Waals surface area contributed by atoms with Gasteiger partial charge in [-0.3, -0.25) is 0 Å². The highest BCUT2D eigenvalue weighted by molar-refractivity contribution is 14.1. The maximum Gasteiger partial charge on any atom is 0.200 e. The Morgan fingerprint density at radius 3 is 1.72 bits per heavy atom. The summed E-state index contributed by atoms with van der Waals surface area (Å²) in [5, 5.41) is 0. The lowest BCUT2D eigenvalue weighted by molar-refractivity contribution is 0.230. The second-order valence-electron chi connectivity index (χ2n) is 6.33. The average molecular weight is 382 g/mol. The fourth-order valence-corrected chi connectivity index (χ4v) is 9.01. The van der Waals surface area contributed by atoms with E-state index < -0.39 is 8.32 Å². The lowest BCUT2D eigenvalue weighted by Crippen LogP contribution is -2.48. The minimum Gasteiger partial charge on any atom is -0.416 e. The van der Waals surface area contributed by atoms with Gasteiger partial charge in [-0.25, -0.2) is 0 Å². The van der Waals surface area contributed by atoms with E-state index in [-0.39, 0.29) is 0 Å². The molecule has 1 nitrogen and oxygen atoms in total. The number of allylic oxidation sites excluding steroid dienone is 1. The van der Waals surface area contributed by atoms with E-state index >= 15 is 0 Å². The van der Waals surface area contributed by atoms with Crippen LogP contribution in [-0.2, 0) is 4.43 Å². The van der Waals surface area contributed by atoms with Gasteiger partial charge in [0.15, 0.2) is 8.32 Å². The van der Waals surface area contributed by atoms with Crippen molar-refractivity contribution in [3.63, 3.8) is 0 Å². The molecule has 3 heteroatoms. The molecule has 0 aromatic heterocycles. The van der Waals surface area contributed by atoms with Crippen molar-refractivity contribution in [3.8, 4) is 0 Å². The zero-order chi connectivity index (χ0) is 14.3. The summed E-state index contributed by atoms with van der Waals surface area (Å²) in [6.45, 7) is 17.3.